The van der Waals surface area contributed by atoms with Gasteiger partial charge in [-0.05, 0) is 6.92 Å². The first-order valence-electron chi connectivity index (χ1n) is 3.35. The van der Waals surface area contributed by atoms with Gasteiger partial charge in [0.05, 0.1) is 7.11 Å². The van der Waals surface area contributed by atoms with Crippen molar-refractivity contribution < 1.29 is 9.53 Å². The van der Waals surface area contributed by atoms with E-state index in [-0.39, 0.29) is 5.97 Å². The third-order valence-electron chi connectivity index (χ3n) is 0.959. The van der Waals surface area contributed by atoms with Crippen molar-refractivity contribution in [1.29, 1.82) is 0 Å². The van der Waals surface area contributed by atoms with E-state index in [1.165, 1.54) is 13.2 Å². The van der Waals surface area contributed by atoms with Gasteiger partial charge in [0.2, 0.25) is 0 Å². The number of hydrogen-bond acceptors (Lipinski definition) is 2. The maximum atomic E-state index is 10.5. The predicted molar refractivity (Wildman–Crippen MR) is 45.1 cm³/mol. The zero-order chi connectivity index (χ0) is 8.53. The molecular weight excluding hydrogens is 140 g/mol. The average molecular weight is 152 g/mol. The third kappa shape index (κ3) is 6.58. The maximum Gasteiger partial charge on any atom is 0.330 e. The SMILES string of the molecule is C/C=C/C=C/C=C/C(=O)OC. The van der Waals surface area contributed by atoms with Crippen molar-refractivity contribution in [2.45, 2.75) is 6.92 Å². The van der Waals surface area contributed by atoms with Gasteiger partial charge in [0.1, 0.15) is 0 Å². The zero-order valence-corrected chi connectivity index (χ0v) is 6.78. The fourth-order valence-corrected chi connectivity index (χ4v) is 0.442. The van der Waals surface area contributed by atoms with Crippen LogP contribution in [0.25, 0.3) is 0 Å². The van der Waals surface area contributed by atoms with Crippen molar-refractivity contribution in [3.8, 4) is 0 Å². The van der Waals surface area contributed by atoms with Crippen LogP contribution < -0.4 is 0 Å². The van der Waals surface area contributed by atoms with Crippen LogP contribution in [-0.2, 0) is 9.53 Å². The second-order valence-electron chi connectivity index (χ2n) is 1.79. The summed E-state index contributed by atoms with van der Waals surface area (Å²) in [6.07, 6.45) is 10.4. The minimum Gasteiger partial charge on any atom is -0.466 e. The molecule has 0 N–H and O–H groups in total. The fraction of sp³-hybridized carbons (Fsp3) is 0.222. The molecule has 0 aromatic rings. The molecule has 2 heteroatoms. The van der Waals surface area contributed by atoms with E-state index in [1.807, 2.05) is 25.2 Å². The Balaban J connectivity index is 3.68. The highest BCUT2D eigenvalue weighted by molar-refractivity contribution is 5.82. The Morgan fingerprint density at radius 1 is 1.18 bits per heavy atom. The molecule has 0 saturated heterocycles. The molecule has 0 aliphatic rings. The molecule has 2 nitrogen and oxygen atoms in total. The van der Waals surface area contributed by atoms with Gasteiger partial charge in [-0.15, -0.1) is 0 Å². The van der Waals surface area contributed by atoms with E-state index >= 15 is 0 Å². The Bertz CT molecular complexity index is 188. The van der Waals surface area contributed by atoms with Crippen LogP contribution in [0.1, 0.15) is 6.92 Å². The van der Waals surface area contributed by atoms with Crippen LogP contribution in [-0.4, -0.2) is 13.1 Å². The summed E-state index contributed by atoms with van der Waals surface area (Å²) >= 11 is 0. The summed E-state index contributed by atoms with van der Waals surface area (Å²) in [6.45, 7) is 1.92. The van der Waals surface area contributed by atoms with Gasteiger partial charge in [-0.25, -0.2) is 4.79 Å². The summed E-state index contributed by atoms with van der Waals surface area (Å²) in [5.74, 6) is -0.338. The summed E-state index contributed by atoms with van der Waals surface area (Å²) in [5, 5.41) is 0. The topological polar surface area (TPSA) is 26.3 Å². The molecule has 0 fully saturated rings. The minimum atomic E-state index is -0.338. The molecule has 0 aliphatic heterocycles. The molecule has 0 aromatic carbocycles. The number of methoxy groups -OCH3 is 1. The number of carbonyl (C=O) groups is 1. The number of allylic oxidation sites excluding steroid dienone is 5. The fourth-order valence-electron chi connectivity index (χ4n) is 0.442. The van der Waals surface area contributed by atoms with Crippen molar-refractivity contribution >= 4 is 5.97 Å². The molecule has 0 aromatic heterocycles. The average Bonchev–Trinajstić information content (AvgIpc) is 2.04. The number of rotatable bonds is 3. The molecule has 0 heterocycles. The molecule has 0 aliphatic carbocycles. The van der Waals surface area contributed by atoms with Crippen molar-refractivity contribution in [1.82, 2.24) is 0 Å². The number of hydrogen-bond donors (Lipinski definition) is 0. The number of esters is 1. The minimum absolute atomic E-state index is 0.338. The van der Waals surface area contributed by atoms with Gasteiger partial charge in [-0.2, -0.15) is 0 Å². The lowest BCUT2D eigenvalue weighted by atomic mass is 10.4. The second kappa shape index (κ2) is 6.81. The molecule has 60 valence electrons. The van der Waals surface area contributed by atoms with Gasteiger partial charge in [0.25, 0.3) is 0 Å². The van der Waals surface area contributed by atoms with Gasteiger partial charge in [0.15, 0.2) is 0 Å². The van der Waals surface area contributed by atoms with E-state index < -0.39 is 0 Å². The lowest BCUT2D eigenvalue weighted by molar-refractivity contribution is -0.134. The zero-order valence-electron chi connectivity index (χ0n) is 6.78. The van der Waals surface area contributed by atoms with E-state index in [0.29, 0.717) is 0 Å². The lowest BCUT2D eigenvalue weighted by Gasteiger charge is -1.85. The molecule has 0 atom stereocenters. The van der Waals surface area contributed by atoms with Gasteiger partial charge in [-0.1, -0.05) is 30.4 Å². The van der Waals surface area contributed by atoms with Crippen LogP contribution in [0.4, 0.5) is 0 Å². The molecular formula is C9H12O2. The normalized spacial score (nSPS) is 11.8. The van der Waals surface area contributed by atoms with Crippen molar-refractivity contribution in [2.24, 2.45) is 0 Å². The van der Waals surface area contributed by atoms with Gasteiger partial charge < -0.3 is 4.74 Å². The molecule has 0 bridgehead atoms. The smallest absolute Gasteiger partial charge is 0.330 e. The summed E-state index contributed by atoms with van der Waals surface area (Å²) in [5.41, 5.74) is 0. The first-order valence-corrected chi connectivity index (χ1v) is 3.35. The quantitative estimate of drug-likeness (QED) is 0.350. The van der Waals surface area contributed by atoms with Crippen LogP contribution in [0, 0.1) is 0 Å². The number of carbonyl (C=O) groups excluding carboxylic acids is 1. The molecule has 0 unspecified atom stereocenters. The highest BCUT2D eigenvalue weighted by Gasteiger charge is 1.85. The van der Waals surface area contributed by atoms with Crippen molar-refractivity contribution in [3.05, 3.63) is 36.5 Å². The van der Waals surface area contributed by atoms with Crippen LogP contribution in [0.15, 0.2) is 36.5 Å². The van der Waals surface area contributed by atoms with E-state index in [4.69, 9.17) is 0 Å². The van der Waals surface area contributed by atoms with E-state index in [9.17, 15) is 4.79 Å². The van der Waals surface area contributed by atoms with Crippen LogP contribution >= 0.6 is 0 Å². The number of ether oxygens (including phenoxy) is 1. The van der Waals surface area contributed by atoms with Gasteiger partial charge in [0, 0.05) is 6.08 Å². The van der Waals surface area contributed by atoms with Crippen molar-refractivity contribution in [3.63, 3.8) is 0 Å². The Labute approximate surface area is 66.9 Å². The predicted octanol–water partition coefficient (Wildman–Crippen LogP) is 1.85. The molecule has 0 radical (unpaired) electrons. The molecule has 0 spiro atoms. The Kier molecular flexibility index (Phi) is 5.99. The first kappa shape index (κ1) is 9.69. The molecule has 0 amide bonds. The van der Waals surface area contributed by atoms with Gasteiger partial charge in [-0.3, -0.25) is 0 Å². The van der Waals surface area contributed by atoms with Crippen LogP contribution in [0.2, 0.25) is 0 Å². The van der Waals surface area contributed by atoms with E-state index in [1.54, 1.807) is 12.2 Å². The summed E-state index contributed by atoms with van der Waals surface area (Å²) in [6, 6.07) is 0. The van der Waals surface area contributed by atoms with E-state index in [2.05, 4.69) is 4.74 Å². The molecule has 0 rings (SSSR count). The van der Waals surface area contributed by atoms with Crippen molar-refractivity contribution in [2.75, 3.05) is 7.11 Å². The van der Waals surface area contributed by atoms with Crippen LogP contribution in [0.5, 0.6) is 0 Å². The Hall–Kier alpha value is -1.31. The standard InChI is InChI=1S/C9H12O2/c1-3-4-5-6-7-8-9(10)11-2/h3-8H,1-2H3/b4-3+,6-5+,8-7+. The summed E-state index contributed by atoms with van der Waals surface area (Å²) in [7, 11) is 1.35. The Morgan fingerprint density at radius 2 is 1.82 bits per heavy atom. The molecule has 0 saturated carbocycles. The summed E-state index contributed by atoms with van der Waals surface area (Å²) in [4.78, 5) is 10.5. The first-order chi connectivity index (χ1) is 5.31. The summed E-state index contributed by atoms with van der Waals surface area (Å²) < 4.78 is 4.38. The Morgan fingerprint density at radius 3 is 2.36 bits per heavy atom. The lowest BCUT2D eigenvalue weighted by Crippen LogP contribution is -1.92. The third-order valence-corrected chi connectivity index (χ3v) is 0.959. The monoisotopic (exact) mass is 152 g/mol. The highest BCUT2D eigenvalue weighted by atomic mass is 16.5. The van der Waals surface area contributed by atoms with E-state index in [0.717, 1.165) is 0 Å². The van der Waals surface area contributed by atoms with Crippen LogP contribution in [0.3, 0.4) is 0 Å². The van der Waals surface area contributed by atoms with Gasteiger partial charge >= 0.3 is 5.97 Å². The second-order valence-corrected chi connectivity index (χ2v) is 1.79. The maximum absolute atomic E-state index is 10.5. The molecule has 11 heavy (non-hydrogen) atoms. The largest absolute Gasteiger partial charge is 0.466 e. The highest BCUT2D eigenvalue weighted by Crippen LogP contribution is 1.81.